The van der Waals surface area contributed by atoms with Gasteiger partial charge in [-0.2, -0.15) is 0 Å². The van der Waals surface area contributed by atoms with E-state index in [-0.39, 0.29) is 11.8 Å². The summed E-state index contributed by atoms with van der Waals surface area (Å²) in [5.74, 6) is 1.30. The second-order valence-electron chi connectivity index (χ2n) is 7.84. The number of hydrogen-bond acceptors (Lipinski definition) is 2. The number of nitrogens with zero attached hydrogens (tertiary/aromatic N) is 3. The number of rotatable bonds is 5. The molecule has 1 fully saturated rings. The van der Waals surface area contributed by atoms with Crippen LogP contribution in [0.1, 0.15) is 29.3 Å². The zero-order valence-electron chi connectivity index (χ0n) is 16.5. The monoisotopic (exact) mass is 459 g/mol. The summed E-state index contributed by atoms with van der Waals surface area (Å²) in [5.41, 5.74) is 4.46. The van der Waals surface area contributed by atoms with Gasteiger partial charge in [0.05, 0.1) is 11.0 Å². The van der Waals surface area contributed by atoms with Crippen molar-refractivity contribution in [1.29, 1.82) is 0 Å². The molecule has 0 spiro atoms. The lowest BCUT2D eigenvalue weighted by Gasteiger charge is -2.17. The van der Waals surface area contributed by atoms with Crippen molar-refractivity contribution in [3.8, 4) is 0 Å². The molecule has 1 saturated heterocycles. The molecule has 30 heavy (non-hydrogen) atoms. The number of imidazole rings is 1. The fourth-order valence-electron chi connectivity index (χ4n) is 4.29. The maximum absolute atomic E-state index is 12.8. The Morgan fingerprint density at radius 1 is 0.900 bits per heavy atom. The van der Waals surface area contributed by atoms with Crippen LogP contribution in [0, 0.1) is 0 Å². The molecule has 4 nitrogen and oxygen atoms in total. The first kappa shape index (κ1) is 19.1. The Kier molecular flexibility index (Phi) is 5.13. The van der Waals surface area contributed by atoms with Crippen molar-refractivity contribution in [2.45, 2.75) is 25.4 Å². The summed E-state index contributed by atoms with van der Waals surface area (Å²) in [5, 5.41) is 0. The second-order valence-corrected chi connectivity index (χ2v) is 8.75. The highest BCUT2D eigenvalue weighted by Crippen LogP contribution is 2.32. The van der Waals surface area contributed by atoms with Gasteiger partial charge in [-0.1, -0.05) is 70.5 Å². The molecule has 1 amide bonds. The molecule has 4 aromatic rings. The lowest BCUT2D eigenvalue weighted by molar-refractivity contribution is -0.128. The van der Waals surface area contributed by atoms with Crippen molar-refractivity contribution < 1.29 is 4.79 Å². The largest absolute Gasteiger partial charge is 0.338 e. The number of para-hydroxylation sites is 2. The Labute approximate surface area is 184 Å². The maximum atomic E-state index is 12.8. The molecule has 1 aliphatic rings. The van der Waals surface area contributed by atoms with E-state index < -0.39 is 0 Å². The molecule has 1 aliphatic heterocycles. The Bertz CT molecular complexity index is 1200. The number of carbonyl (C=O) groups excluding carboxylic acids is 1. The number of carbonyl (C=O) groups is 1. The molecule has 0 aliphatic carbocycles. The van der Waals surface area contributed by atoms with Crippen LogP contribution in [0.4, 0.5) is 0 Å². The fraction of sp³-hybridized carbons (Fsp3) is 0.200. The quantitative estimate of drug-likeness (QED) is 0.402. The van der Waals surface area contributed by atoms with Gasteiger partial charge >= 0.3 is 0 Å². The van der Waals surface area contributed by atoms with E-state index in [0.29, 0.717) is 19.5 Å². The van der Waals surface area contributed by atoms with Crippen molar-refractivity contribution in [2.24, 2.45) is 0 Å². The summed E-state index contributed by atoms with van der Waals surface area (Å²) in [6, 6.07) is 26.8. The Balaban J connectivity index is 1.47. The third kappa shape index (κ3) is 3.77. The molecule has 5 heteroatoms. The molecule has 0 saturated carbocycles. The van der Waals surface area contributed by atoms with Crippen LogP contribution in [0.5, 0.6) is 0 Å². The van der Waals surface area contributed by atoms with E-state index in [9.17, 15) is 4.79 Å². The summed E-state index contributed by atoms with van der Waals surface area (Å²) >= 11 is 3.57. The number of benzene rings is 3. The second kappa shape index (κ2) is 8.07. The van der Waals surface area contributed by atoms with Gasteiger partial charge in [0.2, 0.25) is 5.91 Å². The van der Waals surface area contributed by atoms with Crippen molar-refractivity contribution in [3.63, 3.8) is 0 Å². The van der Waals surface area contributed by atoms with Crippen LogP contribution >= 0.6 is 15.9 Å². The third-order valence-corrected chi connectivity index (χ3v) is 6.20. The number of likely N-dealkylation sites (tertiary alicyclic amines) is 1. The van der Waals surface area contributed by atoms with E-state index in [1.54, 1.807) is 0 Å². The van der Waals surface area contributed by atoms with Crippen LogP contribution in [-0.4, -0.2) is 26.9 Å². The smallest absolute Gasteiger partial charge is 0.223 e. The molecule has 3 aromatic carbocycles. The molecule has 5 rings (SSSR count). The molecule has 0 radical (unpaired) electrons. The number of halogens is 1. The van der Waals surface area contributed by atoms with Crippen LogP contribution in [0.15, 0.2) is 83.3 Å². The zero-order valence-corrected chi connectivity index (χ0v) is 18.1. The standard InChI is InChI=1S/C25H22BrN3O/c26-21-10-6-9-19(13-21)16-29-23-12-5-4-11-22(23)27-25(29)20-14-24(30)28(17-20)15-18-7-2-1-3-8-18/h1-13,20H,14-17H2. The average Bonchev–Trinajstić information content (AvgIpc) is 3.30. The van der Waals surface area contributed by atoms with Gasteiger partial charge in [-0.05, 0) is 35.4 Å². The van der Waals surface area contributed by atoms with Gasteiger partial charge in [0.15, 0.2) is 0 Å². The summed E-state index contributed by atoms with van der Waals surface area (Å²) in [6.45, 7) is 2.09. The first-order valence-corrected chi connectivity index (χ1v) is 11.0. The molecular formula is C25H22BrN3O. The van der Waals surface area contributed by atoms with E-state index in [4.69, 9.17) is 4.98 Å². The van der Waals surface area contributed by atoms with E-state index in [2.05, 4.69) is 63.0 Å². The minimum atomic E-state index is 0.0979. The highest BCUT2D eigenvalue weighted by Gasteiger charge is 2.34. The number of fused-ring (bicyclic) bond motifs is 1. The van der Waals surface area contributed by atoms with Crippen LogP contribution in [-0.2, 0) is 17.9 Å². The minimum Gasteiger partial charge on any atom is -0.338 e. The molecule has 1 unspecified atom stereocenters. The molecule has 2 heterocycles. The number of aromatic nitrogens is 2. The Morgan fingerprint density at radius 3 is 2.50 bits per heavy atom. The van der Waals surface area contributed by atoms with Crippen molar-refractivity contribution in [3.05, 3.63) is 100 Å². The van der Waals surface area contributed by atoms with Gasteiger partial charge in [-0.3, -0.25) is 4.79 Å². The van der Waals surface area contributed by atoms with Crippen molar-refractivity contribution in [1.82, 2.24) is 14.5 Å². The summed E-state index contributed by atoms with van der Waals surface area (Å²) < 4.78 is 3.34. The van der Waals surface area contributed by atoms with Gasteiger partial charge in [0, 0.05) is 36.4 Å². The first-order valence-electron chi connectivity index (χ1n) is 10.2. The van der Waals surface area contributed by atoms with E-state index >= 15 is 0 Å². The predicted octanol–water partition coefficient (Wildman–Crippen LogP) is 5.36. The maximum Gasteiger partial charge on any atom is 0.223 e. The SMILES string of the molecule is O=C1CC(c2nc3ccccc3n2Cc2cccc(Br)c2)CN1Cc1ccccc1. The molecule has 150 valence electrons. The van der Waals surface area contributed by atoms with Crippen molar-refractivity contribution in [2.75, 3.05) is 6.54 Å². The topological polar surface area (TPSA) is 38.1 Å². The van der Waals surface area contributed by atoms with E-state index in [1.807, 2.05) is 41.3 Å². The molecular weight excluding hydrogens is 438 g/mol. The fourth-order valence-corrected chi connectivity index (χ4v) is 4.74. The molecule has 0 bridgehead atoms. The Morgan fingerprint density at radius 2 is 1.67 bits per heavy atom. The summed E-state index contributed by atoms with van der Waals surface area (Å²) in [6.07, 6.45) is 0.509. The summed E-state index contributed by atoms with van der Waals surface area (Å²) in [4.78, 5) is 19.7. The zero-order chi connectivity index (χ0) is 20.5. The van der Waals surface area contributed by atoms with Gasteiger partial charge in [0.1, 0.15) is 5.82 Å². The molecule has 0 N–H and O–H groups in total. The van der Waals surface area contributed by atoms with Crippen LogP contribution in [0.25, 0.3) is 11.0 Å². The lowest BCUT2D eigenvalue weighted by Crippen LogP contribution is -2.24. The van der Waals surface area contributed by atoms with Crippen LogP contribution < -0.4 is 0 Å². The van der Waals surface area contributed by atoms with E-state index in [1.165, 1.54) is 5.56 Å². The van der Waals surface area contributed by atoms with Crippen LogP contribution in [0.2, 0.25) is 0 Å². The first-order chi connectivity index (χ1) is 14.7. The van der Waals surface area contributed by atoms with Gasteiger partial charge < -0.3 is 9.47 Å². The average molecular weight is 460 g/mol. The number of hydrogen-bond donors (Lipinski definition) is 0. The molecule has 1 aromatic heterocycles. The Hall–Kier alpha value is -2.92. The predicted molar refractivity (Wildman–Crippen MR) is 122 cm³/mol. The third-order valence-electron chi connectivity index (χ3n) is 5.71. The van der Waals surface area contributed by atoms with Crippen molar-refractivity contribution >= 4 is 32.9 Å². The van der Waals surface area contributed by atoms with Gasteiger partial charge in [-0.25, -0.2) is 4.98 Å². The highest BCUT2D eigenvalue weighted by atomic mass is 79.9. The van der Waals surface area contributed by atoms with E-state index in [0.717, 1.165) is 33.4 Å². The normalized spacial score (nSPS) is 16.5. The van der Waals surface area contributed by atoms with Gasteiger partial charge in [0.25, 0.3) is 0 Å². The van der Waals surface area contributed by atoms with Gasteiger partial charge in [-0.15, -0.1) is 0 Å². The molecule has 1 atom stereocenters. The van der Waals surface area contributed by atoms with Crippen LogP contribution in [0.3, 0.4) is 0 Å². The highest BCUT2D eigenvalue weighted by molar-refractivity contribution is 9.10. The summed E-state index contributed by atoms with van der Waals surface area (Å²) in [7, 11) is 0. The minimum absolute atomic E-state index is 0.0979. The lowest BCUT2D eigenvalue weighted by atomic mass is 10.1. The number of amides is 1.